The van der Waals surface area contributed by atoms with Gasteiger partial charge in [0.15, 0.2) is 0 Å². The maximum atomic E-state index is 11.9. The SMILES string of the molecule is C#CCN(C)S(=O)(=O)c1cnn(CC(=O)O)c1. The van der Waals surface area contributed by atoms with Crippen LogP contribution in [0, 0.1) is 12.3 Å². The fourth-order valence-electron chi connectivity index (χ4n) is 1.10. The second kappa shape index (κ2) is 4.99. The van der Waals surface area contributed by atoms with E-state index in [1.807, 2.05) is 0 Å². The molecule has 1 rings (SSSR count). The van der Waals surface area contributed by atoms with Crippen LogP contribution >= 0.6 is 0 Å². The lowest BCUT2D eigenvalue weighted by molar-refractivity contribution is -0.137. The van der Waals surface area contributed by atoms with Crippen molar-refractivity contribution >= 4 is 16.0 Å². The minimum absolute atomic E-state index is 0.0631. The Hall–Kier alpha value is -1.85. The molecule has 1 heterocycles. The summed E-state index contributed by atoms with van der Waals surface area (Å²) in [6.45, 7) is -0.458. The lowest BCUT2D eigenvalue weighted by Crippen LogP contribution is -2.27. The molecule has 0 saturated heterocycles. The van der Waals surface area contributed by atoms with E-state index in [1.165, 1.54) is 7.05 Å². The fourth-order valence-corrected chi connectivity index (χ4v) is 2.14. The van der Waals surface area contributed by atoms with Gasteiger partial charge in [0.05, 0.1) is 12.7 Å². The smallest absolute Gasteiger partial charge is 0.325 e. The Kier molecular flexibility index (Phi) is 3.88. The molecule has 0 aliphatic heterocycles. The molecule has 92 valence electrons. The van der Waals surface area contributed by atoms with Crippen molar-refractivity contribution in [3.63, 3.8) is 0 Å². The number of rotatable bonds is 5. The largest absolute Gasteiger partial charge is 0.480 e. The average molecular weight is 257 g/mol. The Morgan fingerprint density at radius 3 is 2.88 bits per heavy atom. The molecule has 0 saturated carbocycles. The number of hydrogen-bond donors (Lipinski definition) is 1. The first-order valence-electron chi connectivity index (χ1n) is 4.52. The summed E-state index contributed by atoms with van der Waals surface area (Å²) in [5, 5.41) is 12.2. The second-order valence-corrected chi connectivity index (χ2v) is 5.28. The number of carboxylic acid groups (broad SMARTS) is 1. The van der Waals surface area contributed by atoms with Crippen molar-refractivity contribution in [3.05, 3.63) is 12.4 Å². The van der Waals surface area contributed by atoms with Crippen LogP contribution in [0.2, 0.25) is 0 Å². The minimum atomic E-state index is -3.70. The van der Waals surface area contributed by atoms with Gasteiger partial charge in [0.1, 0.15) is 11.4 Å². The van der Waals surface area contributed by atoms with Gasteiger partial charge in [0, 0.05) is 13.2 Å². The van der Waals surface area contributed by atoms with E-state index in [2.05, 4.69) is 11.0 Å². The number of carboxylic acids is 1. The molecule has 0 unspecified atom stereocenters. The Balaban J connectivity index is 2.97. The molecule has 0 radical (unpaired) electrons. The molecule has 1 N–H and O–H groups in total. The van der Waals surface area contributed by atoms with Crippen molar-refractivity contribution in [2.75, 3.05) is 13.6 Å². The minimum Gasteiger partial charge on any atom is -0.480 e. The molecular formula is C9H11N3O4S. The number of nitrogens with zero attached hydrogens (tertiary/aromatic N) is 3. The lowest BCUT2D eigenvalue weighted by Gasteiger charge is -2.11. The van der Waals surface area contributed by atoms with Gasteiger partial charge in [0.2, 0.25) is 10.0 Å². The summed E-state index contributed by atoms with van der Waals surface area (Å²) in [5.41, 5.74) is 0. The Labute approximate surface area is 98.7 Å². The zero-order chi connectivity index (χ0) is 13.1. The Bertz CT molecular complexity index is 555. The molecule has 17 heavy (non-hydrogen) atoms. The normalized spacial score (nSPS) is 11.4. The van der Waals surface area contributed by atoms with Crippen LogP contribution in [0.1, 0.15) is 0 Å². The fraction of sp³-hybridized carbons (Fsp3) is 0.333. The molecule has 0 atom stereocenters. The first-order chi connectivity index (χ1) is 7.87. The van der Waals surface area contributed by atoms with Gasteiger partial charge < -0.3 is 5.11 Å². The van der Waals surface area contributed by atoms with Crippen LogP contribution in [0.25, 0.3) is 0 Å². The molecule has 7 nitrogen and oxygen atoms in total. The maximum absolute atomic E-state index is 11.9. The quantitative estimate of drug-likeness (QED) is 0.699. The van der Waals surface area contributed by atoms with E-state index in [9.17, 15) is 13.2 Å². The van der Waals surface area contributed by atoms with Gasteiger partial charge in [-0.1, -0.05) is 5.92 Å². The predicted octanol–water partition coefficient (Wildman–Crippen LogP) is -0.779. The highest BCUT2D eigenvalue weighted by Crippen LogP contribution is 2.12. The standard InChI is InChI=1S/C9H11N3O4S/c1-3-4-11(2)17(15,16)8-5-10-12(6-8)7-9(13)14/h1,5-6H,4,7H2,2H3,(H,13,14). The lowest BCUT2D eigenvalue weighted by atomic mass is 10.6. The zero-order valence-electron chi connectivity index (χ0n) is 9.07. The molecule has 0 spiro atoms. The van der Waals surface area contributed by atoms with E-state index >= 15 is 0 Å². The van der Waals surface area contributed by atoms with E-state index in [-0.39, 0.29) is 11.4 Å². The molecule has 0 aliphatic carbocycles. The number of aliphatic carboxylic acids is 1. The van der Waals surface area contributed by atoms with Crippen molar-refractivity contribution in [1.82, 2.24) is 14.1 Å². The van der Waals surface area contributed by atoms with Crippen molar-refractivity contribution in [3.8, 4) is 12.3 Å². The van der Waals surface area contributed by atoms with Crippen molar-refractivity contribution in [1.29, 1.82) is 0 Å². The molecular weight excluding hydrogens is 246 g/mol. The molecule has 1 aromatic heterocycles. The van der Waals surface area contributed by atoms with Crippen molar-refractivity contribution in [2.45, 2.75) is 11.4 Å². The summed E-state index contributed by atoms with van der Waals surface area (Å²) in [5.74, 6) is 1.11. The topological polar surface area (TPSA) is 92.5 Å². The van der Waals surface area contributed by atoms with Crippen LogP contribution in [-0.2, 0) is 21.4 Å². The van der Waals surface area contributed by atoms with E-state index in [4.69, 9.17) is 11.5 Å². The van der Waals surface area contributed by atoms with Crippen LogP contribution < -0.4 is 0 Å². The summed E-state index contributed by atoms with van der Waals surface area (Å²) in [6, 6.07) is 0. The van der Waals surface area contributed by atoms with Gasteiger partial charge in [-0.25, -0.2) is 8.42 Å². The molecule has 0 amide bonds. The third-order valence-electron chi connectivity index (χ3n) is 1.93. The van der Waals surface area contributed by atoms with E-state index in [1.54, 1.807) is 0 Å². The third-order valence-corrected chi connectivity index (χ3v) is 3.69. The number of sulfonamides is 1. The third kappa shape index (κ3) is 3.05. The number of aromatic nitrogens is 2. The first-order valence-corrected chi connectivity index (χ1v) is 5.96. The van der Waals surface area contributed by atoms with Crippen LogP contribution in [-0.4, -0.2) is 47.2 Å². The zero-order valence-corrected chi connectivity index (χ0v) is 9.88. The van der Waals surface area contributed by atoms with Crippen molar-refractivity contribution < 1.29 is 18.3 Å². The van der Waals surface area contributed by atoms with Crippen LogP contribution in [0.4, 0.5) is 0 Å². The van der Waals surface area contributed by atoms with E-state index in [0.717, 1.165) is 21.4 Å². The average Bonchev–Trinajstić information content (AvgIpc) is 2.66. The van der Waals surface area contributed by atoms with Crippen LogP contribution in [0.15, 0.2) is 17.3 Å². The van der Waals surface area contributed by atoms with Gasteiger partial charge >= 0.3 is 5.97 Å². The molecule has 0 bridgehead atoms. The van der Waals surface area contributed by atoms with E-state index < -0.39 is 22.5 Å². The Morgan fingerprint density at radius 1 is 1.71 bits per heavy atom. The van der Waals surface area contributed by atoms with Gasteiger partial charge in [-0.05, 0) is 0 Å². The highest BCUT2D eigenvalue weighted by molar-refractivity contribution is 7.89. The van der Waals surface area contributed by atoms with Gasteiger partial charge in [0.25, 0.3) is 0 Å². The van der Waals surface area contributed by atoms with Crippen molar-refractivity contribution in [2.24, 2.45) is 0 Å². The molecule has 8 heteroatoms. The predicted molar refractivity (Wildman–Crippen MR) is 58.5 cm³/mol. The molecule has 0 fully saturated rings. The summed E-state index contributed by atoms with van der Waals surface area (Å²) in [6.07, 6.45) is 7.26. The highest BCUT2D eigenvalue weighted by Gasteiger charge is 2.22. The summed E-state index contributed by atoms with van der Waals surface area (Å²) < 4.78 is 25.7. The monoisotopic (exact) mass is 257 g/mol. The number of hydrogen-bond acceptors (Lipinski definition) is 4. The molecule has 1 aromatic rings. The molecule has 0 aliphatic rings. The summed E-state index contributed by atoms with van der Waals surface area (Å²) in [4.78, 5) is 10.3. The summed E-state index contributed by atoms with van der Waals surface area (Å²) >= 11 is 0. The van der Waals surface area contributed by atoms with Gasteiger partial charge in [-0.3, -0.25) is 9.48 Å². The molecule has 0 aromatic carbocycles. The van der Waals surface area contributed by atoms with Gasteiger partial charge in [-0.2, -0.15) is 9.40 Å². The highest BCUT2D eigenvalue weighted by atomic mass is 32.2. The Morgan fingerprint density at radius 2 is 2.35 bits per heavy atom. The number of carbonyl (C=O) groups is 1. The first kappa shape index (κ1) is 13.2. The number of terminal acetylenes is 1. The maximum Gasteiger partial charge on any atom is 0.325 e. The second-order valence-electron chi connectivity index (χ2n) is 3.23. The van der Waals surface area contributed by atoms with E-state index in [0.29, 0.717) is 0 Å². The summed E-state index contributed by atoms with van der Waals surface area (Å²) in [7, 11) is -2.36. The van der Waals surface area contributed by atoms with Crippen LogP contribution in [0.3, 0.4) is 0 Å². The van der Waals surface area contributed by atoms with Crippen LogP contribution in [0.5, 0.6) is 0 Å². The van der Waals surface area contributed by atoms with Gasteiger partial charge in [-0.15, -0.1) is 6.42 Å².